The molecule has 7 heteroatoms. The fourth-order valence-electron chi connectivity index (χ4n) is 3.36. The first-order valence-corrected chi connectivity index (χ1v) is 10.8. The van der Waals surface area contributed by atoms with Crippen LogP contribution in [-0.2, 0) is 17.6 Å². The third-order valence-corrected chi connectivity index (χ3v) is 7.00. The maximum Gasteiger partial charge on any atom is 0.234 e. The molecule has 0 unspecified atom stereocenters. The predicted molar refractivity (Wildman–Crippen MR) is 109 cm³/mol. The number of rotatable bonds is 4. The largest absolute Gasteiger partial charge is 0.325 e. The molecule has 1 aliphatic carbocycles. The van der Waals surface area contributed by atoms with E-state index in [2.05, 4.69) is 22.2 Å². The average Bonchev–Trinajstić information content (AvgIpc) is 3.01. The van der Waals surface area contributed by atoms with Gasteiger partial charge in [0.1, 0.15) is 22.0 Å². The number of thioether (sulfide) groups is 1. The van der Waals surface area contributed by atoms with E-state index in [-0.39, 0.29) is 17.5 Å². The predicted octanol–water partition coefficient (Wildman–Crippen LogP) is 4.99. The quantitative estimate of drug-likeness (QED) is 0.494. The van der Waals surface area contributed by atoms with Gasteiger partial charge in [-0.05, 0) is 55.4 Å². The Morgan fingerprint density at radius 1 is 1.41 bits per heavy atom. The van der Waals surface area contributed by atoms with Crippen LogP contribution >= 0.6 is 23.1 Å². The summed E-state index contributed by atoms with van der Waals surface area (Å²) in [5.74, 6) is 0.433. The Morgan fingerprint density at radius 2 is 2.26 bits per heavy atom. The number of hydrogen-bond acceptors (Lipinski definition) is 5. The van der Waals surface area contributed by atoms with Crippen LogP contribution < -0.4 is 5.32 Å². The third-order valence-electron chi connectivity index (χ3n) is 4.85. The van der Waals surface area contributed by atoms with Crippen molar-refractivity contribution in [2.24, 2.45) is 5.92 Å². The number of hydrogen-bond donors (Lipinski definition) is 1. The molecule has 4 nitrogen and oxygen atoms in total. The summed E-state index contributed by atoms with van der Waals surface area (Å²) in [6, 6.07) is 4.71. The molecule has 140 valence electrons. The molecule has 4 rings (SSSR count). The van der Waals surface area contributed by atoms with Crippen molar-refractivity contribution in [3.63, 3.8) is 0 Å². The molecule has 0 saturated carbocycles. The number of thiophene rings is 1. The molecule has 0 radical (unpaired) electrons. The van der Waals surface area contributed by atoms with Gasteiger partial charge in [0.05, 0.1) is 5.75 Å². The van der Waals surface area contributed by atoms with E-state index in [0.717, 1.165) is 28.1 Å². The molecule has 1 amide bonds. The number of carbonyl (C=O) groups is 1. The average molecular weight is 402 g/mol. The summed E-state index contributed by atoms with van der Waals surface area (Å²) < 4.78 is 13.6. The SMILES string of the molecule is Cc1ccc(NC(=O)CSc2ncnc3sc4c(c23)CC[C@@H](C)C4)cc1F. The molecule has 0 fully saturated rings. The van der Waals surface area contributed by atoms with Crippen LogP contribution in [0.25, 0.3) is 10.2 Å². The Bertz CT molecular complexity index is 1020. The molecule has 1 atom stereocenters. The fourth-order valence-corrected chi connectivity index (χ4v) is 5.60. The molecule has 0 bridgehead atoms. The Balaban J connectivity index is 1.50. The minimum absolute atomic E-state index is 0.173. The molecule has 1 N–H and O–H groups in total. The van der Waals surface area contributed by atoms with Crippen LogP contribution in [0.5, 0.6) is 0 Å². The van der Waals surface area contributed by atoms with Gasteiger partial charge in [-0.1, -0.05) is 24.8 Å². The van der Waals surface area contributed by atoms with Gasteiger partial charge in [0.15, 0.2) is 0 Å². The van der Waals surface area contributed by atoms with Gasteiger partial charge in [0.25, 0.3) is 0 Å². The summed E-state index contributed by atoms with van der Waals surface area (Å²) in [4.78, 5) is 23.6. The van der Waals surface area contributed by atoms with Gasteiger partial charge in [-0.3, -0.25) is 4.79 Å². The summed E-state index contributed by atoms with van der Waals surface area (Å²) in [5, 5.41) is 4.72. The first kappa shape index (κ1) is 18.4. The minimum atomic E-state index is -0.322. The lowest BCUT2D eigenvalue weighted by Gasteiger charge is -2.18. The van der Waals surface area contributed by atoms with Gasteiger partial charge in [-0.25, -0.2) is 14.4 Å². The van der Waals surface area contributed by atoms with Crippen molar-refractivity contribution in [3.8, 4) is 0 Å². The standard InChI is InChI=1S/C20H20FN3OS2/c1-11-3-6-14-16(7-11)27-20-18(14)19(22-10-23-20)26-9-17(25)24-13-5-4-12(2)15(21)8-13/h4-5,8,10-11H,3,6-7,9H2,1-2H3,(H,24,25)/t11-/m1/s1. The van der Waals surface area contributed by atoms with E-state index in [1.807, 2.05) is 0 Å². The molecule has 2 aromatic heterocycles. The number of fused-ring (bicyclic) bond motifs is 3. The molecule has 0 saturated heterocycles. The number of carbonyl (C=O) groups excluding carboxylic acids is 1. The summed E-state index contributed by atoms with van der Waals surface area (Å²) >= 11 is 3.16. The Kier molecular flexibility index (Phi) is 5.14. The van der Waals surface area contributed by atoms with Crippen molar-refractivity contribution in [2.75, 3.05) is 11.1 Å². The topological polar surface area (TPSA) is 54.9 Å². The van der Waals surface area contributed by atoms with Crippen LogP contribution in [0, 0.1) is 18.7 Å². The fraction of sp³-hybridized carbons (Fsp3) is 0.350. The highest BCUT2D eigenvalue weighted by atomic mass is 32.2. The van der Waals surface area contributed by atoms with Crippen LogP contribution in [0.4, 0.5) is 10.1 Å². The first-order chi connectivity index (χ1) is 13.0. The smallest absolute Gasteiger partial charge is 0.234 e. The molecular weight excluding hydrogens is 381 g/mol. The number of aryl methyl sites for hydroxylation is 2. The van der Waals surface area contributed by atoms with Crippen molar-refractivity contribution in [3.05, 3.63) is 46.3 Å². The molecule has 0 aliphatic heterocycles. The van der Waals surface area contributed by atoms with Gasteiger partial charge in [0.2, 0.25) is 5.91 Å². The molecule has 3 aromatic rings. The van der Waals surface area contributed by atoms with Gasteiger partial charge in [-0.2, -0.15) is 0 Å². The molecule has 1 aromatic carbocycles. The lowest BCUT2D eigenvalue weighted by Crippen LogP contribution is -2.14. The molecule has 27 heavy (non-hydrogen) atoms. The first-order valence-electron chi connectivity index (χ1n) is 8.95. The van der Waals surface area contributed by atoms with Crippen molar-refractivity contribution in [2.45, 2.75) is 38.1 Å². The van der Waals surface area contributed by atoms with E-state index in [1.54, 1.807) is 36.7 Å². The van der Waals surface area contributed by atoms with Crippen molar-refractivity contribution < 1.29 is 9.18 Å². The van der Waals surface area contributed by atoms with E-state index >= 15 is 0 Å². The number of anilines is 1. The van der Waals surface area contributed by atoms with Crippen LogP contribution in [0.1, 0.15) is 29.3 Å². The van der Waals surface area contributed by atoms with Crippen LogP contribution in [-0.4, -0.2) is 21.6 Å². The van der Waals surface area contributed by atoms with Gasteiger partial charge >= 0.3 is 0 Å². The number of benzene rings is 1. The highest BCUT2D eigenvalue weighted by molar-refractivity contribution is 8.00. The maximum absolute atomic E-state index is 13.6. The molecular formula is C20H20FN3OS2. The van der Waals surface area contributed by atoms with Crippen molar-refractivity contribution in [1.82, 2.24) is 9.97 Å². The zero-order valence-electron chi connectivity index (χ0n) is 15.2. The Labute approximate surface area is 165 Å². The molecule has 0 spiro atoms. The maximum atomic E-state index is 13.6. The second-order valence-electron chi connectivity index (χ2n) is 7.01. The van der Waals surface area contributed by atoms with Crippen molar-refractivity contribution in [1.29, 1.82) is 0 Å². The lowest BCUT2D eigenvalue weighted by atomic mass is 9.89. The second kappa shape index (κ2) is 7.56. The summed E-state index contributed by atoms with van der Waals surface area (Å²) in [6.07, 6.45) is 4.90. The number of amides is 1. The number of aromatic nitrogens is 2. The van der Waals surface area contributed by atoms with Crippen LogP contribution in [0.15, 0.2) is 29.6 Å². The van der Waals surface area contributed by atoms with E-state index < -0.39 is 0 Å². The van der Waals surface area contributed by atoms with Gasteiger partial charge < -0.3 is 5.32 Å². The molecule has 2 heterocycles. The van der Waals surface area contributed by atoms with Gasteiger partial charge in [0, 0.05) is 16.0 Å². The third kappa shape index (κ3) is 3.84. The second-order valence-corrected chi connectivity index (χ2v) is 9.06. The van der Waals surface area contributed by atoms with Crippen LogP contribution in [0.2, 0.25) is 0 Å². The summed E-state index contributed by atoms with van der Waals surface area (Å²) in [7, 11) is 0. The zero-order valence-corrected chi connectivity index (χ0v) is 16.8. The zero-order chi connectivity index (χ0) is 19.0. The number of nitrogens with one attached hydrogen (secondary N) is 1. The monoisotopic (exact) mass is 401 g/mol. The Hall–Kier alpha value is -1.99. The highest BCUT2D eigenvalue weighted by Crippen LogP contribution is 2.40. The van der Waals surface area contributed by atoms with Crippen LogP contribution in [0.3, 0.4) is 0 Å². The number of nitrogens with zero attached hydrogens (tertiary/aromatic N) is 2. The number of halogens is 1. The lowest BCUT2D eigenvalue weighted by molar-refractivity contribution is -0.113. The molecule has 1 aliphatic rings. The van der Waals surface area contributed by atoms with Gasteiger partial charge in [-0.15, -0.1) is 11.3 Å². The Morgan fingerprint density at radius 3 is 3.07 bits per heavy atom. The van der Waals surface area contributed by atoms with E-state index in [1.165, 1.54) is 34.7 Å². The summed E-state index contributed by atoms with van der Waals surface area (Å²) in [6.45, 7) is 3.98. The van der Waals surface area contributed by atoms with E-state index in [9.17, 15) is 9.18 Å². The highest BCUT2D eigenvalue weighted by Gasteiger charge is 2.23. The minimum Gasteiger partial charge on any atom is -0.325 e. The normalized spacial score (nSPS) is 16.3. The van der Waals surface area contributed by atoms with Crippen molar-refractivity contribution >= 4 is 44.9 Å². The van der Waals surface area contributed by atoms with E-state index in [4.69, 9.17) is 0 Å². The van der Waals surface area contributed by atoms with E-state index in [0.29, 0.717) is 17.2 Å². The summed E-state index contributed by atoms with van der Waals surface area (Å²) in [5.41, 5.74) is 2.39.